The molecule has 0 radical (unpaired) electrons. The van der Waals surface area contributed by atoms with Crippen molar-refractivity contribution in [2.75, 3.05) is 0 Å². The van der Waals surface area contributed by atoms with E-state index in [2.05, 4.69) is 9.36 Å². The summed E-state index contributed by atoms with van der Waals surface area (Å²) in [5, 5.41) is 8.87. The summed E-state index contributed by atoms with van der Waals surface area (Å²) in [5.74, 6) is -1.96. The third-order valence-corrected chi connectivity index (χ3v) is 2.47. The Labute approximate surface area is 88.2 Å². The zero-order valence-corrected chi connectivity index (χ0v) is 8.16. The molecule has 0 aliphatic heterocycles. The van der Waals surface area contributed by atoms with Crippen LogP contribution in [0.4, 0.5) is 4.39 Å². The molecule has 6 heteroatoms. The number of aromatic nitrogens is 2. The molecule has 76 valence electrons. The Kier molecular flexibility index (Phi) is 2.42. The Morgan fingerprint density at radius 2 is 2.13 bits per heavy atom. The maximum Gasteiger partial charge on any atom is 0.375 e. The highest BCUT2D eigenvalue weighted by Crippen LogP contribution is 2.23. The van der Waals surface area contributed by atoms with Gasteiger partial charge in [0.1, 0.15) is 10.8 Å². The van der Waals surface area contributed by atoms with Crippen molar-refractivity contribution in [2.45, 2.75) is 0 Å². The fraction of sp³-hybridized carbons (Fsp3) is 0. The monoisotopic (exact) mass is 224 g/mol. The summed E-state index contributed by atoms with van der Waals surface area (Å²) < 4.78 is 16.9. The zero-order chi connectivity index (χ0) is 10.8. The summed E-state index contributed by atoms with van der Waals surface area (Å²) >= 11 is 0.863. The van der Waals surface area contributed by atoms with Gasteiger partial charge in [-0.1, -0.05) is 12.1 Å². The van der Waals surface area contributed by atoms with Crippen LogP contribution < -0.4 is 0 Å². The molecular formula is C9H5FN2O2S. The number of hydrogen-bond acceptors (Lipinski definition) is 4. The third kappa shape index (κ3) is 1.84. The quantitative estimate of drug-likeness (QED) is 0.847. The number of carbonyl (C=O) groups is 1. The van der Waals surface area contributed by atoms with E-state index in [0.29, 0.717) is 0 Å². The molecule has 0 aliphatic rings. The SMILES string of the molecule is O=C(O)c1nsc(-c2ccccc2F)n1. The Hall–Kier alpha value is -1.82. The third-order valence-electron chi connectivity index (χ3n) is 1.72. The predicted octanol–water partition coefficient (Wildman–Crippen LogP) is 2.04. The molecule has 0 unspecified atom stereocenters. The van der Waals surface area contributed by atoms with Crippen molar-refractivity contribution >= 4 is 17.5 Å². The first-order chi connectivity index (χ1) is 7.18. The number of hydrogen-bond donors (Lipinski definition) is 1. The molecular weight excluding hydrogens is 219 g/mol. The maximum absolute atomic E-state index is 13.3. The van der Waals surface area contributed by atoms with E-state index in [1.807, 2.05) is 0 Å². The minimum absolute atomic E-state index is 0.266. The molecule has 2 rings (SSSR count). The minimum atomic E-state index is -1.21. The minimum Gasteiger partial charge on any atom is -0.475 e. The highest BCUT2D eigenvalue weighted by Gasteiger charge is 2.14. The number of benzene rings is 1. The maximum atomic E-state index is 13.3. The zero-order valence-electron chi connectivity index (χ0n) is 7.35. The number of carboxylic acid groups (broad SMARTS) is 1. The number of nitrogens with zero attached hydrogens (tertiary/aromatic N) is 2. The molecule has 15 heavy (non-hydrogen) atoms. The van der Waals surface area contributed by atoms with Crippen molar-refractivity contribution in [3.05, 3.63) is 35.9 Å². The first-order valence-electron chi connectivity index (χ1n) is 4.00. The Bertz CT molecular complexity index is 512. The molecule has 1 aromatic carbocycles. The first-order valence-corrected chi connectivity index (χ1v) is 4.77. The van der Waals surface area contributed by atoms with Gasteiger partial charge in [0.15, 0.2) is 0 Å². The molecule has 1 aromatic heterocycles. The van der Waals surface area contributed by atoms with Gasteiger partial charge in [0.05, 0.1) is 0 Å². The Balaban J connectivity index is 2.46. The van der Waals surface area contributed by atoms with Crippen LogP contribution in [0.3, 0.4) is 0 Å². The molecule has 0 amide bonds. The second-order valence-electron chi connectivity index (χ2n) is 2.71. The summed E-state index contributed by atoms with van der Waals surface area (Å²) in [6, 6.07) is 6.02. The van der Waals surface area contributed by atoms with Crippen LogP contribution in [0.15, 0.2) is 24.3 Å². The second-order valence-corrected chi connectivity index (χ2v) is 3.46. The fourth-order valence-electron chi connectivity index (χ4n) is 1.05. The Morgan fingerprint density at radius 1 is 1.40 bits per heavy atom. The van der Waals surface area contributed by atoms with Crippen molar-refractivity contribution in [1.82, 2.24) is 9.36 Å². The molecule has 1 heterocycles. The van der Waals surface area contributed by atoms with Gasteiger partial charge in [-0.2, -0.15) is 4.37 Å². The van der Waals surface area contributed by atoms with Crippen molar-refractivity contribution in [2.24, 2.45) is 0 Å². The molecule has 0 saturated heterocycles. The van der Waals surface area contributed by atoms with Crippen molar-refractivity contribution in [1.29, 1.82) is 0 Å². The van der Waals surface area contributed by atoms with E-state index in [1.165, 1.54) is 12.1 Å². The molecule has 0 saturated carbocycles. The topological polar surface area (TPSA) is 63.1 Å². The number of carboxylic acids is 1. The van der Waals surface area contributed by atoms with E-state index in [4.69, 9.17) is 5.11 Å². The van der Waals surface area contributed by atoms with E-state index in [9.17, 15) is 9.18 Å². The van der Waals surface area contributed by atoms with Gasteiger partial charge in [0, 0.05) is 5.56 Å². The van der Waals surface area contributed by atoms with E-state index in [-0.39, 0.29) is 16.4 Å². The number of aromatic carboxylic acids is 1. The van der Waals surface area contributed by atoms with Crippen molar-refractivity contribution in [3.63, 3.8) is 0 Å². The molecule has 0 spiro atoms. The molecule has 0 aliphatic carbocycles. The lowest BCUT2D eigenvalue weighted by atomic mass is 10.2. The molecule has 1 N–H and O–H groups in total. The summed E-state index contributed by atoms with van der Waals surface area (Å²) in [7, 11) is 0. The van der Waals surface area contributed by atoms with Crippen molar-refractivity contribution < 1.29 is 14.3 Å². The Morgan fingerprint density at radius 3 is 2.73 bits per heavy atom. The van der Waals surface area contributed by atoms with Crippen LogP contribution in [-0.4, -0.2) is 20.4 Å². The van der Waals surface area contributed by atoms with Crippen LogP contribution in [0.25, 0.3) is 10.6 Å². The van der Waals surface area contributed by atoms with Crippen LogP contribution in [0.2, 0.25) is 0 Å². The highest BCUT2D eigenvalue weighted by atomic mass is 32.1. The molecule has 0 fully saturated rings. The highest BCUT2D eigenvalue weighted by molar-refractivity contribution is 7.09. The normalized spacial score (nSPS) is 10.2. The molecule has 0 bridgehead atoms. The van der Waals surface area contributed by atoms with Crippen LogP contribution in [0.1, 0.15) is 10.6 Å². The first kappa shape index (κ1) is 9.72. The smallest absolute Gasteiger partial charge is 0.375 e. The van der Waals surface area contributed by atoms with E-state index in [0.717, 1.165) is 11.5 Å². The summed E-state index contributed by atoms with van der Waals surface area (Å²) in [6.07, 6.45) is 0. The van der Waals surface area contributed by atoms with Crippen LogP contribution in [0, 0.1) is 5.82 Å². The predicted molar refractivity (Wildman–Crippen MR) is 52.3 cm³/mol. The van der Waals surface area contributed by atoms with Gasteiger partial charge in [-0.25, -0.2) is 14.2 Å². The number of halogens is 1. The summed E-state index contributed by atoms with van der Waals surface area (Å²) in [5.41, 5.74) is 0.266. The lowest BCUT2D eigenvalue weighted by Crippen LogP contribution is -1.98. The van der Waals surface area contributed by atoms with Gasteiger partial charge >= 0.3 is 5.97 Å². The second kappa shape index (κ2) is 3.74. The molecule has 0 atom stereocenters. The average Bonchev–Trinajstić information content (AvgIpc) is 2.67. The van der Waals surface area contributed by atoms with Gasteiger partial charge in [-0.05, 0) is 23.7 Å². The van der Waals surface area contributed by atoms with Crippen LogP contribution >= 0.6 is 11.5 Å². The van der Waals surface area contributed by atoms with Gasteiger partial charge in [-0.15, -0.1) is 0 Å². The largest absolute Gasteiger partial charge is 0.475 e. The summed E-state index contributed by atoms with van der Waals surface area (Å²) in [6.45, 7) is 0. The standard InChI is InChI=1S/C9H5FN2O2S/c10-6-4-2-1-3-5(6)8-11-7(9(13)14)12-15-8/h1-4H,(H,13,14). The molecule has 4 nitrogen and oxygen atoms in total. The van der Waals surface area contributed by atoms with E-state index < -0.39 is 11.8 Å². The van der Waals surface area contributed by atoms with Crippen molar-refractivity contribution in [3.8, 4) is 10.6 Å². The lowest BCUT2D eigenvalue weighted by Gasteiger charge is -1.95. The van der Waals surface area contributed by atoms with Gasteiger partial charge in [0.25, 0.3) is 5.82 Å². The average molecular weight is 224 g/mol. The number of rotatable bonds is 2. The van der Waals surface area contributed by atoms with Gasteiger partial charge < -0.3 is 5.11 Å². The van der Waals surface area contributed by atoms with Gasteiger partial charge in [-0.3, -0.25) is 0 Å². The molecule has 2 aromatic rings. The van der Waals surface area contributed by atoms with E-state index in [1.54, 1.807) is 12.1 Å². The summed E-state index contributed by atoms with van der Waals surface area (Å²) in [4.78, 5) is 14.2. The fourth-order valence-corrected chi connectivity index (χ4v) is 1.74. The van der Waals surface area contributed by atoms with E-state index >= 15 is 0 Å². The van der Waals surface area contributed by atoms with Gasteiger partial charge in [0.2, 0.25) is 0 Å². The van der Waals surface area contributed by atoms with Crippen LogP contribution in [-0.2, 0) is 0 Å². The van der Waals surface area contributed by atoms with Crippen LogP contribution in [0.5, 0.6) is 0 Å². The lowest BCUT2D eigenvalue weighted by molar-refractivity contribution is 0.0685.